The number of hydrogen-bond donors (Lipinski definition) is 1. The van der Waals surface area contributed by atoms with Crippen molar-refractivity contribution in [1.29, 1.82) is 0 Å². The van der Waals surface area contributed by atoms with Crippen molar-refractivity contribution in [1.82, 2.24) is 14.7 Å². The average Bonchev–Trinajstić information content (AvgIpc) is 3.04. The maximum absolute atomic E-state index is 12.2. The Morgan fingerprint density at radius 2 is 2.29 bits per heavy atom. The van der Waals surface area contributed by atoms with Gasteiger partial charge in [-0.25, -0.2) is 4.79 Å². The fraction of sp³-hybridized carbons (Fsp3) is 0.214. The molecule has 0 unspecified atom stereocenters. The van der Waals surface area contributed by atoms with Crippen LogP contribution >= 0.6 is 11.3 Å². The van der Waals surface area contributed by atoms with Crippen molar-refractivity contribution in [3.63, 3.8) is 0 Å². The van der Waals surface area contributed by atoms with E-state index in [-0.39, 0.29) is 5.91 Å². The van der Waals surface area contributed by atoms with E-state index in [4.69, 9.17) is 5.11 Å². The molecule has 0 atom stereocenters. The summed E-state index contributed by atoms with van der Waals surface area (Å²) in [4.78, 5) is 25.1. The number of aliphatic carboxylic acids is 1. The maximum atomic E-state index is 12.2. The number of carbonyl (C=O) groups is 2. The Morgan fingerprint density at radius 1 is 1.52 bits per heavy atom. The van der Waals surface area contributed by atoms with Gasteiger partial charge in [0.15, 0.2) is 0 Å². The third-order valence-corrected chi connectivity index (χ3v) is 3.73. The molecule has 21 heavy (non-hydrogen) atoms. The Balaban J connectivity index is 2.01. The van der Waals surface area contributed by atoms with E-state index >= 15 is 0 Å². The van der Waals surface area contributed by atoms with Gasteiger partial charge in [0.05, 0.1) is 11.8 Å². The minimum absolute atomic E-state index is 0.100. The van der Waals surface area contributed by atoms with Crippen LogP contribution in [0.15, 0.2) is 29.9 Å². The van der Waals surface area contributed by atoms with Gasteiger partial charge in [0, 0.05) is 37.8 Å². The third-order valence-electron chi connectivity index (χ3n) is 2.78. The van der Waals surface area contributed by atoms with Crippen molar-refractivity contribution in [2.75, 3.05) is 7.05 Å². The molecule has 7 heteroatoms. The molecule has 1 N–H and O–H groups in total. The summed E-state index contributed by atoms with van der Waals surface area (Å²) in [6, 6.07) is 1.87. The highest BCUT2D eigenvalue weighted by molar-refractivity contribution is 7.11. The molecule has 0 fully saturated rings. The van der Waals surface area contributed by atoms with Crippen molar-refractivity contribution in [2.24, 2.45) is 7.05 Å². The van der Waals surface area contributed by atoms with Crippen LogP contribution in [0.4, 0.5) is 0 Å². The van der Waals surface area contributed by atoms with Gasteiger partial charge in [0.1, 0.15) is 0 Å². The van der Waals surface area contributed by atoms with E-state index in [0.29, 0.717) is 12.1 Å². The third kappa shape index (κ3) is 4.03. The number of amides is 1. The topological polar surface area (TPSA) is 75.4 Å². The number of rotatable bonds is 5. The van der Waals surface area contributed by atoms with Crippen LogP contribution in [0.5, 0.6) is 0 Å². The van der Waals surface area contributed by atoms with Gasteiger partial charge in [-0.15, -0.1) is 11.3 Å². The molecular weight excluding hydrogens is 290 g/mol. The molecule has 2 aromatic rings. The average molecular weight is 305 g/mol. The summed E-state index contributed by atoms with van der Waals surface area (Å²) in [5, 5.41) is 14.5. The Morgan fingerprint density at radius 3 is 2.90 bits per heavy atom. The van der Waals surface area contributed by atoms with Crippen molar-refractivity contribution >= 4 is 29.3 Å². The van der Waals surface area contributed by atoms with E-state index in [1.807, 2.05) is 11.4 Å². The quantitative estimate of drug-likeness (QED) is 0.855. The predicted molar refractivity (Wildman–Crippen MR) is 80.0 cm³/mol. The van der Waals surface area contributed by atoms with E-state index < -0.39 is 5.97 Å². The lowest BCUT2D eigenvalue weighted by Crippen LogP contribution is -2.25. The largest absolute Gasteiger partial charge is 0.478 e. The molecule has 0 bridgehead atoms. The molecule has 110 valence electrons. The summed E-state index contributed by atoms with van der Waals surface area (Å²) in [6.45, 7) is 0.463. The lowest BCUT2D eigenvalue weighted by atomic mass is 10.2. The van der Waals surface area contributed by atoms with Crippen LogP contribution in [-0.4, -0.2) is 38.7 Å². The predicted octanol–water partition coefficient (Wildman–Crippen LogP) is 1.85. The first-order valence-electron chi connectivity index (χ1n) is 6.18. The van der Waals surface area contributed by atoms with Crippen LogP contribution < -0.4 is 0 Å². The molecule has 0 aliphatic rings. The standard InChI is InChI=1S/C14H15N3O3S/c1-16(14(20)11-6-15-17(2)8-11)7-10-5-12(21-9-10)3-4-13(18)19/h3-6,8-9H,7H2,1-2H3,(H,18,19). The molecule has 0 saturated heterocycles. The molecule has 2 aromatic heterocycles. The van der Waals surface area contributed by atoms with Crippen molar-refractivity contribution in [2.45, 2.75) is 6.54 Å². The second-order valence-electron chi connectivity index (χ2n) is 4.59. The molecule has 0 saturated carbocycles. The fourth-order valence-corrected chi connectivity index (χ4v) is 2.61. The fourth-order valence-electron chi connectivity index (χ4n) is 1.82. The maximum Gasteiger partial charge on any atom is 0.328 e. The molecule has 0 radical (unpaired) electrons. The van der Waals surface area contributed by atoms with E-state index in [1.54, 1.807) is 35.9 Å². The van der Waals surface area contributed by atoms with Crippen LogP contribution in [0.25, 0.3) is 6.08 Å². The molecule has 2 heterocycles. The lowest BCUT2D eigenvalue weighted by Gasteiger charge is -2.15. The second kappa shape index (κ2) is 6.36. The van der Waals surface area contributed by atoms with E-state index in [2.05, 4.69) is 5.10 Å². The summed E-state index contributed by atoms with van der Waals surface area (Å²) in [7, 11) is 3.48. The normalized spacial score (nSPS) is 11.0. The van der Waals surface area contributed by atoms with E-state index in [1.165, 1.54) is 17.5 Å². The Kier molecular flexibility index (Phi) is 4.54. The zero-order chi connectivity index (χ0) is 15.4. The van der Waals surface area contributed by atoms with Gasteiger partial charge < -0.3 is 10.0 Å². The number of thiophene rings is 1. The van der Waals surface area contributed by atoms with E-state index in [9.17, 15) is 9.59 Å². The molecule has 2 rings (SSSR count). The van der Waals surface area contributed by atoms with Crippen LogP contribution in [0, 0.1) is 0 Å². The van der Waals surface area contributed by atoms with Gasteiger partial charge in [-0.2, -0.15) is 5.10 Å². The number of carboxylic acid groups (broad SMARTS) is 1. The molecule has 0 aromatic carbocycles. The Hall–Kier alpha value is -2.41. The highest BCUT2D eigenvalue weighted by atomic mass is 32.1. The molecule has 1 amide bonds. The number of carbonyl (C=O) groups excluding carboxylic acids is 1. The summed E-state index contributed by atoms with van der Waals surface area (Å²) in [5.74, 6) is -1.08. The zero-order valence-corrected chi connectivity index (χ0v) is 12.5. The summed E-state index contributed by atoms with van der Waals surface area (Å²) in [6.07, 6.45) is 5.85. The molecule has 0 spiro atoms. The monoisotopic (exact) mass is 305 g/mol. The molecule has 6 nitrogen and oxygen atoms in total. The first-order chi connectivity index (χ1) is 9.95. The zero-order valence-electron chi connectivity index (χ0n) is 11.7. The number of aryl methyl sites for hydroxylation is 1. The van der Waals surface area contributed by atoms with Gasteiger partial charge in [-0.3, -0.25) is 9.48 Å². The van der Waals surface area contributed by atoms with Gasteiger partial charge in [-0.05, 0) is 23.1 Å². The first-order valence-corrected chi connectivity index (χ1v) is 7.06. The Bertz CT molecular complexity index is 687. The van der Waals surface area contributed by atoms with Crippen LogP contribution in [0.2, 0.25) is 0 Å². The lowest BCUT2D eigenvalue weighted by molar-refractivity contribution is -0.131. The minimum Gasteiger partial charge on any atom is -0.478 e. The molecular formula is C14H15N3O3S. The van der Waals surface area contributed by atoms with Gasteiger partial charge in [0.25, 0.3) is 5.91 Å². The number of carboxylic acids is 1. The van der Waals surface area contributed by atoms with Crippen LogP contribution in [-0.2, 0) is 18.4 Å². The number of aromatic nitrogens is 2. The summed E-state index contributed by atoms with van der Waals surface area (Å²) in [5.41, 5.74) is 1.51. The molecule has 0 aliphatic carbocycles. The minimum atomic E-state index is -0.978. The number of hydrogen-bond acceptors (Lipinski definition) is 4. The second-order valence-corrected chi connectivity index (χ2v) is 5.54. The molecule has 0 aliphatic heterocycles. The van der Waals surface area contributed by atoms with Crippen LogP contribution in [0.3, 0.4) is 0 Å². The van der Waals surface area contributed by atoms with Gasteiger partial charge >= 0.3 is 5.97 Å². The smallest absolute Gasteiger partial charge is 0.328 e. The first kappa shape index (κ1) is 15.0. The highest BCUT2D eigenvalue weighted by Crippen LogP contribution is 2.18. The Labute approximate surface area is 125 Å². The van der Waals surface area contributed by atoms with E-state index in [0.717, 1.165) is 16.5 Å². The number of nitrogens with zero attached hydrogens (tertiary/aromatic N) is 3. The van der Waals surface area contributed by atoms with Crippen molar-refractivity contribution in [3.8, 4) is 0 Å². The highest BCUT2D eigenvalue weighted by Gasteiger charge is 2.14. The van der Waals surface area contributed by atoms with Gasteiger partial charge in [0.2, 0.25) is 0 Å². The van der Waals surface area contributed by atoms with Crippen LogP contribution in [0.1, 0.15) is 20.8 Å². The summed E-state index contributed by atoms with van der Waals surface area (Å²) >= 11 is 1.44. The SMILES string of the molecule is CN(Cc1csc(C=CC(=O)O)c1)C(=O)c1cnn(C)c1. The van der Waals surface area contributed by atoms with Gasteiger partial charge in [-0.1, -0.05) is 0 Å². The summed E-state index contributed by atoms with van der Waals surface area (Å²) < 4.78 is 1.58. The van der Waals surface area contributed by atoms with Crippen molar-refractivity contribution in [3.05, 3.63) is 45.9 Å². The van der Waals surface area contributed by atoms with Crippen molar-refractivity contribution < 1.29 is 14.7 Å².